The van der Waals surface area contributed by atoms with E-state index in [1.54, 1.807) is 17.0 Å². The van der Waals surface area contributed by atoms with E-state index >= 15 is 0 Å². The summed E-state index contributed by atoms with van der Waals surface area (Å²) >= 11 is 0. The monoisotopic (exact) mass is 375 g/mol. The fraction of sp³-hybridized carbons (Fsp3) is 0.588. The van der Waals surface area contributed by atoms with Crippen molar-refractivity contribution in [1.82, 2.24) is 4.90 Å². The Labute approximate surface area is 150 Å². The Kier molecular flexibility index (Phi) is 6.84. The Balaban J connectivity index is 0.00000288. The Bertz CT molecular complexity index is 665. The molecule has 0 aromatic heterocycles. The van der Waals surface area contributed by atoms with Gasteiger partial charge in [0.2, 0.25) is 0 Å². The molecule has 0 bridgehead atoms. The average molecular weight is 376 g/mol. The van der Waals surface area contributed by atoms with Crippen LogP contribution >= 0.6 is 12.4 Å². The van der Waals surface area contributed by atoms with Gasteiger partial charge in [-0.15, -0.1) is 12.4 Å². The molecular weight excluding hydrogens is 350 g/mol. The zero-order chi connectivity index (χ0) is 17.3. The molecule has 0 unspecified atom stereocenters. The highest BCUT2D eigenvalue weighted by molar-refractivity contribution is 7.91. The van der Waals surface area contributed by atoms with Crippen LogP contribution in [0.15, 0.2) is 29.2 Å². The van der Waals surface area contributed by atoms with Crippen LogP contribution in [-0.2, 0) is 20.0 Å². The number of nitrogens with zero attached hydrogens (tertiary/aromatic N) is 1. The van der Waals surface area contributed by atoms with Gasteiger partial charge in [0.05, 0.1) is 10.6 Å². The minimum Gasteiger partial charge on any atom is -0.480 e. The standard InChI is InChI=1S/C17H25NO4S.ClH/c1-17(2,3)13-6-8-14(9-7-13)23(21,22)12-11-18-10-4-5-15(18)16(19)20;/h6-9,15H,4-5,10-12H2,1-3H3,(H,19,20);1H/t15-;/m1./s1. The van der Waals surface area contributed by atoms with Crippen LogP contribution in [-0.4, -0.2) is 49.3 Å². The first-order valence-corrected chi connectivity index (χ1v) is 9.57. The zero-order valence-corrected chi connectivity index (χ0v) is 16.0. The van der Waals surface area contributed by atoms with E-state index in [4.69, 9.17) is 5.11 Å². The number of likely N-dealkylation sites (tertiary alicyclic amines) is 1. The van der Waals surface area contributed by atoms with Gasteiger partial charge in [-0.1, -0.05) is 32.9 Å². The average Bonchev–Trinajstić information content (AvgIpc) is 2.93. The maximum Gasteiger partial charge on any atom is 0.320 e. The second kappa shape index (κ2) is 7.85. The molecule has 0 saturated carbocycles. The third-order valence-corrected chi connectivity index (χ3v) is 6.09. The molecule has 0 amide bonds. The second-order valence-corrected chi connectivity index (χ2v) is 9.23. The van der Waals surface area contributed by atoms with Gasteiger partial charge in [0, 0.05) is 6.54 Å². The Morgan fingerprint density at radius 2 is 1.83 bits per heavy atom. The third-order valence-electron chi connectivity index (χ3n) is 4.38. The van der Waals surface area contributed by atoms with Crippen molar-refractivity contribution in [3.63, 3.8) is 0 Å². The Morgan fingerprint density at radius 3 is 2.33 bits per heavy atom. The maximum atomic E-state index is 12.5. The first kappa shape index (κ1) is 20.9. The summed E-state index contributed by atoms with van der Waals surface area (Å²) in [6.45, 7) is 7.15. The van der Waals surface area contributed by atoms with Gasteiger partial charge >= 0.3 is 5.97 Å². The van der Waals surface area contributed by atoms with Gasteiger partial charge in [0.25, 0.3) is 0 Å². The van der Waals surface area contributed by atoms with Crippen molar-refractivity contribution < 1.29 is 18.3 Å². The van der Waals surface area contributed by atoms with Crippen molar-refractivity contribution in [1.29, 1.82) is 0 Å². The summed E-state index contributed by atoms with van der Waals surface area (Å²) in [6, 6.07) is 6.45. The fourth-order valence-corrected chi connectivity index (χ4v) is 4.15. The van der Waals surface area contributed by atoms with Crippen LogP contribution in [0, 0.1) is 0 Å². The molecule has 1 aromatic rings. The molecule has 136 valence electrons. The lowest BCUT2D eigenvalue weighted by Crippen LogP contribution is -2.38. The lowest BCUT2D eigenvalue weighted by molar-refractivity contribution is -0.142. The Morgan fingerprint density at radius 1 is 1.25 bits per heavy atom. The van der Waals surface area contributed by atoms with Gasteiger partial charge in [0.15, 0.2) is 9.84 Å². The molecule has 1 heterocycles. The number of carboxylic acid groups (broad SMARTS) is 1. The molecule has 2 rings (SSSR count). The zero-order valence-electron chi connectivity index (χ0n) is 14.4. The minimum absolute atomic E-state index is 0. The number of carboxylic acids is 1. The molecule has 1 saturated heterocycles. The number of hydrogen-bond donors (Lipinski definition) is 1. The normalized spacial score (nSPS) is 19.0. The van der Waals surface area contributed by atoms with Crippen molar-refractivity contribution in [3.05, 3.63) is 29.8 Å². The van der Waals surface area contributed by atoms with E-state index < -0.39 is 21.8 Å². The number of sulfone groups is 1. The van der Waals surface area contributed by atoms with Crippen molar-refractivity contribution in [3.8, 4) is 0 Å². The molecule has 1 aliphatic rings. The summed E-state index contributed by atoms with van der Waals surface area (Å²) in [7, 11) is -3.39. The predicted octanol–water partition coefficient (Wildman–Crippen LogP) is 2.73. The minimum atomic E-state index is -3.39. The lowest BCUT2D eigenvalue weighted by atomic mass is 9.87. The number of hydrogen-bond acceptors (Lipinski definition) is 4. The highest BCUT2D eigenvalue weighted by Gasteiger charge is 2.31. The highest BCUT2D eigenvalue weighted by Crippen LogP contribution is 2.24. The van der Waals surface area contributed by atoms with Gasteiger partial charge in [0.1, 0.15) is 6.04 Å². The molecule has 0 spiro atoms. The molecule has 5 nitrogen and oxygen atoms in total. The topological polar surface area (TPSA) is 74.7 Å². The molecule has 24 heavy (non-hydrogen) atoms. The molecule has 1 N–H and O–H groups in total. The summed E-state index contributed by atoms with van der Waals surface area (Å²) in [5.74, 6) is -0.916. The van der Waals surface area contributed by atoms with Crippen molar-refractivity contribution >= 4 is 28.2 Å². The number of carbonyl (C=O) groups is 1. The van der Waals surface area contributed by atoms with Crippen LogP contribution in [0.1, 0.15) is 39.2 Å². The summed E-state index contributed by atoms with van der Waals surface area (Å²) in [5, 5.41) is 9.15. The summed E-state index contributed by atoms with van der Waals surface area (Å²) in [5.41, 5.74) is 1.06. The first-order chi connectivity index (χ1) is 10.6. The van der Waals surface area contributed by atoms with Crippen LogP contribution < -0.4 is 0 Å². The molecule has 1 aliphatic heterocycles. The van der Waals surface area contributed by atoms with Crippen LogP contribution in [0.5, 0.6) is 0 Å². The van der Waals surface area contributed by atoms with Gasteiger partial charge in [-0.05, 0) is 42.5 Å². The molecule has 7 heteroatoms. The quantitative estimate of drug-likeness (QED) is 0.856. The van der Waals surface area contributed by atoms with Gasteiger partial charge in [-0.3, -0.25) is 9.69 Å². The number of aliphatic carboxylic acids is 1. The van der Waals surface area contributed by atoms with E-state index in [-0.39, 0.29) is 30.1 Å². The summed E-state index contributed by atoms with van der Waals surface area (Å²) in [4.78, 5) is 13.2. The molecule has 1 atom stereocenters. The van der Waals surface area contributed by atoms with Crippen LogP contribution in [0.2, 0.25) is 0 Å². The van der Waals surface area contributed by atoms with Gasteiger partial charge in [-0.25, -0.2) is 8.42 Å². The van der Waals surface area contributed by atoms with E-state index in [2.05, 4.69) is 20.8 Å². The van der Waals surface area contributed by atoms with E-state index in [1.165, 1.54) is 0 Å². The van der Waals surface area contributed by atoms with Crippen molar-refractivity contribution in [2.75, 3.05) is 18.8 Å². The highest BCUT2D eigenvalue weighted by atomic mass is 35.5. The van der Waals surface area contributed by atoms with E-state index in [9.17, 15) is 13.2 Å². The predicted molar refractivity (Wildman–Crippen MR) is 96.7 cm³/mol. The van der Waals surface area contributed by atoms with E-state index in [1.807, 2.05) is 12.1 Å². The van der Waals surface area contributed by atoms with Crippen LogP contribution in [0.4, 0.5) is 0 Å². The lowest BCUT2D eigenvalue weighted by Gasteiger charge is -2.21. The largest absolute Gasteiger partial charge is 0.480 e. The number of benzene rings is 1. The third kappa shape index (κ3) is 4.94. The van der Waals surface area contributed by atoms with Gasteiger partial charge < -0.3 is 5.11 Å². The molecule has 1 aromatic carbocycles. The molecular formula is C17H26ClNO4S. The van der Waals surface area contributed by atoms with E-state index in [0.717, 1.165) is 12.0 Å². The molecule has 1 fully saturated rings. The number of halogens is 1. The van der Waals surface area contributed by atoms with Crippen molar-refractivity contribution in [2.45, 2.75) is 50.0 Å². The summed E-state index contributed by atoms with van der Waals surface area (Å²) in [6.07, 6.45) is 1.40. The molecule has 0 aliphatic carbocycles. The first-order valence-electron chi connectivity index (χ1n) is 7.91. The van der Waals surface area contributed by atoms with Gasteiger partial charge in [-0.2, -0.15) is 0 Å². The number of rotatable bonds is 5. The fourth-order valence-electron chi connectivity index (χ4n) is 2.89. The molecule has 0 radical (unpaired) electrons. The van der Waals surface area contributed by atoms with Crippen LogP contribution in [0.25, 0.3) is 0 Å². The van der Waals surface area contributed by atoms with E-state index in [0.29, 0.717) is 17.9 Å². The second-order valence-electron chi connectivity index (χ2n) is 7.13. The SMILES string of the molecule is CC(C)(C)c1ccc(S(=O)(=O)CCN2CCC[C@@H]2C(=O)O)cc1.Cl. The maximum absolute atomic E-state index is 12.5. The van der Waals surface area contributed by atoms with Crippen LogP contribution in [0.3, 0.4) is 0 Å². The Hall–Kier alpha value is -1.11. The summed E-state index contributed by atoms with van der Waals surface area (Å²) < 4.78 is 24.9. The smallest absolute Gasteiger partial charge is 0.320 e. The van der Waals surface area contributed by atoms with Crippen molar-refractivity contribution in [2.24, 2.45) is 0 Å².